The Kier molecular flexibility index (Phi) is 4.35. The van der Waals surface area contributed by atoms with Gasteiger partial charge in [-0.2, -0.15) is 0 Å². The highest BCUT2D eigenvalue weighted by molar-refractivity contribution is 5.88. The lowest BCUT2D eigenvalue weighted by Gasteiger charge is -2.58. The van der Waals surface area contributed by atoms with E-state index in [2.05, 4.69) is 12.2 Å². The number of aryl methyl sites for hydroxylation is 1. The van der Waals surface area contributed by atoms with Gasteiger partial charge in [0.05, 0.1) is 5.52 Å². The fourth-order valence-electron chi connectivity index (χ4n) is 6.04. The maximum absolute atomic E-state index is 15.5. The third kappa shape index (κ3) is 2.61. The Morgan fingerprint density at radius 2 is 2.10 bits per heavy atom. The molecule has 160 valence electrons. The van der Waals surface area contributed by atoms with Gasteiger partial charge in [-0.1, -0.05) is 6.92 Å². The topological polar surface area (TPSA) is 96.8 Å². The van der Waals surface area contributed by atoms with Crippen molar-refractivity contribution in [2.24, 2.45) is 17.1 Å². The predicted octanol–water partition coefficient (Wildman–Crippen LogP) is 2.75. The van der Waals surface area contributed by atoms with Gasteiger partial charge in [-0.05, 0) is 78.5 Å². The summed E-state index contributed by atoms with van der Waals surface area (Å²) in [6.07, 6.45) is 5.03. The largest absolute Gasteiger partial charge is 0.477 e. The number of nitrogens with two attached hydrogens (primary N) is 1. The van der Waals surface area contributed by atoms with E-state index in [1.54, 1.807) is 0 Å². The van der Waals surface area contributed by atoms with E-state index in [0.717, 1.165) is 49.9 Å². The number of halogens is 1. The van der Waals surface area contributed by atoms with Crippen molar-refractivity contribution in [2.75, 3.05) is 13.1 Å². The summed E-state index contributed by atoms with van der Waals surface area (Å²) in [4.78, 5) is 24.4. The van der Waals surface area contributed by atoms with Gasteiger partial charge in [0.25, 0.3) is 5.56 Å². The van der Waals surface area contributed by atoms with Gasteiger partial charge in [-0.25, -0.2) is 9.18 Å². The van der Waals surface area contributed by atoms with Gasteiger partial charge in [0.15, 0.2) is 0 Å². The fraction of sp³-hybridized carbons (Fsp3) is 0.565. The quantitative estimate of drug-likeness (QED) is 0.719. The second-order valence-corrected chi connectivity index (χ2v) is 9.54. The van der Waals surface area contributed by atoms with Crippen molar-refractivity contribution < 1.29 is 14.3 Å². The Bertz CT molecular complexity index is 1120. The molecule has 0 amide bonds. The molecule has 0 bridgehead atoms. The van der Waals surface area contributed by atoms with Crippen molar-refractivity contribution in [3.05, 3.63) is 50.7 Å². The molecule has 4 atom stereocenters. The van der Waals surface area contributed by atoms with E-state index in [-0.39, 0.29) is 34.8 Å². The molecule has 1 spiro atoms. The maximum Gasteiger partial charge on any atom is 0.341 e. The van der Waals surface area contributed by atoms with E-state index in [4.69, 9.17) is 5.73 Å². The zero-order valence-corrected chi connectivity index (χ0v) is 17.4. The first-order valence-corrected chi connectivity index (χ1v) is 10.8. The number of carbonyl (C=O) groups is 1. The summed E-state index contributed by atoms with van der Waals surface area (Å²) in [6.45, 7) is 5.64. The van der Waals surface area contributed by atoms with Crippen LogP contribution in [-0.2, 0) is 0 Å². The first-order chi connectivity index (χ1) is 14.3. The number of rotatable bonds is 3. The third-order valence-electron chi connectivity index (χ3n) is 8.09. The summed E-state index contributed by atoms with van der Waals surface area (Å²) >= 11 is 0. The average Bonchev–Trinajstić information content (AvgIpc) is 3.52. The molecule has 7 heteroatoms. The smallest absolute Gasteiger partial charge is 0.341 e. The molecule has 0 aromatic carbocycles. The maximum atomic E-state index is 15.5. The minimum atomic E-state index is -1.27. The highest BCUT2D eigenvalue weighted by Crippen LogP contribution is 2.59. The first-order valence-electron chi connectivity index (χ1n) is 10.8. The summed E-state index contributed by atoms with van der Waals surface area (Å²) in [5, 5.41) is 12.9. The Hall–Kier alpha value is -2.25. The molecule has 3 fully saturated rings. The molecule has 0 radical (unpaired) electrons. The second-order valence-electron chi connectivity index (χ2n) is 9.54. The average molecular weight is 413 g/mol. The molecular weight excluding hydrogens is 385 g/mol. The molecule has 4 N–H and O–H groups in total. The van der Waals surface area contributed by atoms with Gasteiger partial charge < -0.3 is 16.2 Å². The molecule has 3 aliphatic rings. The van der Waals surface area contributed by atoms with Crippen LogP contribution in [0.15, 0.2) is 17.1 Å². The normalized spacial score (nSPS) is 31.1. The van der Waals surface area contributed by atoms with Crippen LogP contribution in [0.25, 0.3) is 5.52 Å². The van der Waals surface area contributed by atoms with E-state index in [1.807, 2.05) is 6.92 Å². The minimum absolute atomic E-state index is 0.0353. The van der Waals surface area contributed by atoms with Crippen LogP contribution in [0.2, 0.25) is 0 Å². The molecule has 3 unspecified atom stereocenters. The van der Waals surface area contributed by atoms with Crippen LogP contribution in [0.3, 0.4) is 0 Å². The molecule has 2 aliphatic carbocycles. The summed E-state index contributed by atoms with van der Waals surface area (Å²) in [6, 6.07) is 1.55. The second kappa shape index (κ2) is 6.62. The van der Waals surface area contributed by atoms with Gasteiger partial charge in [0.2, 0.25) is 0 Å². The Balaban J connectivity index is 1.73. The Morgan fingerprint density at radius 3 is 2.70 bits per heavy atom. The molecule has 2 saturated carbocycles. The van der Waals surface area contributed by atoms with Crippen molar-refractivity contribution in [3.63, 3.8) is 0 Å². The SMILES string of the molecule is Cc1c(C2CCC23CNCC(N)[C@H]3C)c(F)cn2c(=O)c(C(=O)O)cc(C3CC3)c12. The lowest BCUT2D eigenvalue weighted by molar-refractivity contribution is -0.0109. The first kappa shape index (κ1) is 19.7. The van der Waals surface area contributed by atoms with Crippen LogP contribution in [0, 0.1) is 24.1 Å². The zero-order valence-electron chi connectivity index (χ0n) is 17.4. The van der Waals surface area contributed by atoms with E-state index in [1.165, 1.54) is 16.7 Å². The molecule has 1 saturated heterocycles. The lowest BCUT2D eigenvalue weighted by Crippen LogP contribution is -2.62. The number of nitrogens with zero attached hydrogens (tertiary/aromatic N) is 1. The monoisotopic (exact) mass is 413 g/mol. The van der Waals surface area contributed by atoms with Crippen LogP contribution in [0.5, 0.6) is 0 Å². The van der Waals surface area contributed by atoms with Crippen molar-refractivity contribution in [3.8, 4) is 0 Å². The van der Waals surface area contributed by atoms with Gasteiger partial charge in [0.1, 0.15) is 11.4 Å². The molecule has 2 aromatic rings. The van der Waals surface area contributed by atoms with Gasteiger partial charge in [-0.3, -0.25) is 9.20 Å². The van der Waals surface area contributed by atoms with Crippen LogP contribution in [0.4, 0.5) is 4.39 Å². The van der Waals surface area contributed by atoms with Crippen molar-refractivity contribution in [2.45, 2.75) is 57.4 Å². The predicted molar refractivity (Wildman–Crippen MR) is 112 cm³/mol. The Labute approximate surface area is 174 Å². The van der Waals surface area contributed by atoms with Crippen LogP contribution in [-0.4, -0.2) is 34.6 Å². The number of carboxylic acids is 1. The number of nitrogens with one attached hydrogen (secondary N) is 1. The van der Waals surface area contributed by atoms with Gasteiger partial charge in [-0.15, -0.1) is 0 Å². The van der Waals surface area contributed by atoms with E-state index < -0.39 is 17.3 Å². The molecule has 5 rings (SSSR count). The molecule has 3 heterocycles. The number of fused-ring (bicyclic) bond motifs is 1. The minimum Gasteiger partial charge on any atom is -0.477 e. The standard InChI is InChI=1S/C23H28FN3O3/c1-11-19(16-5-6-23(16)10-26-8-18(25)12(23)2)17(24)9-27-20(11)14(13-3-4-13)7-15(21(27)28)22(29)30/h7,9,12-13,16,18,26H,3-6,8,10,25H2,1-2H3,(H,29,30)/t12-,16?,18?,23?/m1/s1. The fourth-order valence-corrected chi connectivity index (χ4v) is 6.04. The van der Waals surface area contributed by atoms with E-state index >= 15 is 4.39 Å². The highest BCUT2D eigenvalue weighted by atomic mass is 19.1. The number of pyridine rings is 2. The molecular formula is C23H28FN3O3. The number of aromatic nitrogens is 1. The molecule has 30 heavy (non-hydrogen) atoms. The zero-order chi connectivity index (χ0) is 21.4. The summed E-state index contributed by atoms with van der Waals surface area (Å²) in [5.74, 6) is -1.16. The highest BCUT2D eigenvalue weighted by Gasteiger charge is 2.54. The third-order valence-corrected chi connectivity index (χ3v) is 8.09. The summed E-state index contributed by atoms with van der Waals surface area (Å²) < 4.78 is 16.7. The summed E-state index contributed by atoms with van der Waals surface area (Å²) in [7, 11) is 0. The van der Waals surface area contributed by atoms with Crippen LogP contribution < -0.4 is 16.6 Å². The number of carboxylic acid groups (broad SMARTS) is 1. The molecule has 6 nitrogen and oxygen atoms in total. The number of piperidine rings is 1. The van der Waals surface area contributed by atoms with Crippen molar-refractivity contribution in [1.29, 1.82) is 0 Å². The van der Waals surface area contributed by atoms with Crippen LogP contribution >= 0.6 is 0 Å². The molecule has 1 aliphatic heterocycles. The Morgan fingerprint density at radius 1 is 1.37 bits per heavy atom. The van der Waals surface area contributed by atoms with E-state index in [9.17, 15) is 14.7 Å². The number of aromatic carboxylic acids is 1. The van der Waals surface area contributed by atoms with Gasteiger partial charge >= 0.3 is 5.97 Å². The van der Waals surface area contributed by atoms with Gasteiger partial charge in [0, 0.05) is 25.3 Å². The summed E-state index contributed by atoms with van der Waals surface area (Å²) in [5.41, 5.74) is 8.28. The van der Waals surface area contributed by atoms with Crippen molar-refractivity contribution >= 4 is 11.5 Å². The number of hydrogen-bond acceptors (Lipinski definition) is 4. The number of hydrogen-bond donors (Lipinski definition) is 3. The van der Waals surface area contributed by atoms with E-state index in [0.29, 0.717) is 11.1 Å². The molecule has 2 aromatic heterocycles. The van der Waals surface area contributed by atoms with Crippen molar-refractivity contribution in [1.82, 2.24) is 9.72 Å². The van der Waals surface area contributed by atoms with Crippen LogP contribution in [0.1, 0.15) is 71.5 Å². The lowest BCUT2D eigenvalue weighted by atomic mass is 9.50.